The molecule has 1 rings (SSSR count). The molecule has 3 nitrogen and oxygen atoms in total. The number of amides is 1. The molecule has 1 aromatic rings. The Kier molecular flexibility index (Phi) is 4.37. The highest BCUT2D eigenvalue weighted by Gasteiger charge is 2.18. The molecule has 0 spiro atoms. The first-order valence-corrected chi connectivity index (χ1v) is 4.82. The van der Waals surface area contributed by atoms with E-state index in [4.69, 9.17) is 5.11 Å². The minimum absolute atomic E-state index is 0.420. The highest BCUT2D eigenvalue weighted by Crippen LogP contribution is 2.06. The third-order valence-corrected chi connectivity index (χ3v) is 2.15. The number of aryl methyl sites for hydroxylation is 1. The Morgan fingerprint density at radius 2 is 2.06 bits per heavy atom. The Hall–Kier alpha value is -1.49. The largest absolute Gasteiger partial charge is 0.385 e. The van der Waals surface area contributed by atoms with Crippen molar-refractivity contribution in [3.63, 3.8) is 0 Å². The van der Waals surface area contributed by atoms with Crippen molar-refractivity contribution in [2.75, 3.05) is 6.54 Å². The van der Waals surface area contributed by atoms with E-state index in [2.05, 4.69) is 5.32 Å². The summed E-state index contributed by atoms with van der Waals surface area (Å²) in [6.45, 7) is 1.29. The summed E-state index contributed by atoms with van der Waals surface area (Å²) in [6, 6.07) is 6.81. The van der Waals surface area contributed by atoms with Crippen molar-refractivity contribution in [2.45, 2.75) is 19.5 Å². The molecule has 1 amide bonds. The van der Waals surface area contributed by atoms with Gasteiger partial charge in [0.25, 0.3) is 12.3 Å². The van der Waals surface area contributed by atoms with Gasteiger partial charge in [-0.25, -0.2) is 8.78 Å². The first kappa shape index (κ1) is 12.6. The number of aliphatic hydroxyl groups is 1. The maximum Gasteiger partial charge on any atom is 0.265 e. The third-order valence-electron chi connectivity index (χ3n) is 2.15. The van der Waals surface area contributed by atoms with Crippen LogP contribution in [0.25, 0.3) is 0 Å². The molecule has 16 heavy (non-hydrogen) atoms. The first-order valence-electron chi connectivity index (χ1n) is 4.82. The van der Waals surface area contributed by atoms with Crippen LogP contribution in [-0.4, -0.2) is 30.1 Å². The van der Waals surface area contributed by atoms with Gasteiger partial charge in [0.1, 0.15) is 6.10 Å². The van der Waals surface area contributed by atoms with Crippen molar-refractivity contribution in [1.29, 1.82) is 0 Å². The zero-order valence-corrected chi connectivity index (χ0v) is 8.78. The van der Waals surface area contributed by atoms with Gasteiger partial charge < -0.3 is 10.4 Å². The van der Waals surface area contributed by atoms with Gasteiger partial charge >= 0.3 is 0 Å². The van der Waals surface area contributed by atoms with Crippen LogP contribution in [0.2, 0.25) is 0 Å². The molecule has 0 saturated heterocycles. The smallest absolute Gasteiger partial charge is 0.265 e. The molecular weight excluding hydrogens is 216 g/mol. The topological polar surface area (TPSA) is 49.3 Å². The number of hydrogen-bond acceptors (Lipinski definition) is 2. The van der Waals surface area contributed by atoms with Gasteiger partial charge in [-0.3, -0.25) is 4.79 Å². The molecule has 0 heterocycles. The number of alkyl halides is 2. The Morgan fingerprint density at radius 3 is 2.62 bits per heavy atom. The summed E-state index contributed by atoms with van der Waals surface area (Å²) in [4.78, 5) is 11.5. The molecule has 0 radical (unpaired) electrons. The number of carbonyl (C=O) groups is 1. The van der Waals surface area contributed by atoms with E-state index >= 15 is 0 Å². The summed E-state index contributed by atoms with van der Waals surface area (Å²) in [5.41, 5.74) is 1.18. The second kappa shape index (κ2) is 5.55. The van der Waals surface area contributed by atoms with Gasteiger partial charge in [-0.15, -0.1) is 0 Å². The van der Waals surface area contributed by atoms with E-state index < -0.39 is 25.0 Å². The van der Waals surface area contributed by atoms with Crippen LogP contribution in [0.15, 0.2) is 24.3 Å². The molecule has 0 aliphatic rings. The Morgan fingerprint density at radius 1 is 1.44 bits per heavy atom. The molecule has 0 bridgehead atoms. The molecular formula is C11H13F2NO2. The molecule has 1 unspecified atom stereocenters. The van der Waals surface area contributed by atoms with Crippen molar-refractivity contribution in [1.82, 2.24) is 5.32 Å². The average Bonchev–Trinajstić information content (AvgIpc) is 2.25. The Labute approximate surface area is 92.1 Å². The van der Waals surface area contributed by atoms with Crippen LogP contribution in [0, 0.1) is 6.92 Å². The monoisotopic (exact) mass is 229 g/mol. The van der Waals surface area contributed by atoms with Gasteiger partial charge in [0.05, 0.1) is 0 Å². The molecule has 0 aromatic heterocycles. The van der Waals surface area contributed by atoms with Crippen molar-refractivity contribution >= 4 is 5.91 Å². The van der Waals surface area contributed by atoms with E-state index in [-0.39, 0.29) is 0 Å². The van der Waals surface area contributed by atoms with Gasteiger partial charge in [-0.2, -0.15) is 0 Å². The molecule has 2 N–H and O–H groups in total. The van der Waals surface area contributed by atoms with Crippen LogP contribution in [0.5, 0.6) is 0 Å². The summed E-state index contributed by atoms with van der Waals surface area (Å²) in [5.74, 6) is -0.460. The van der Waals surface area contributed by atoms with Gasteiger partial charge in [0, 0.05) is 12.1 Å². The van der Waals surface area contributed by atoms with Crippen LogP contribution >= 0.6 is 0 Å². The summed E-state index contributed by atoms with van der Waals surface area (Å²) in [7, 11) is 0. The number of nitrogens with one attached hydrogen (secondary N) is 1. The lowest BCUT2D eigenvalue weighted by Gasteiger charge is -2.11. The average molecular weight is 229 g/mol. The van der Waals surface area contributed by atoms with Gasteiger partial charge in [0.15, 0.2) is 0 Å². The lowest BCUT2D eigenvalue weighted by atomic mass is 10.1. The zero-order chi connectivity index (χ0) is 12.1. The molecule has 0 aliphatic heterocycles. The van der Waals surface area contributed by atoms with E-state index in [9.17, 15) is 13.6 Å². The number of benzene rings is 1. The maximum absolute atomic E-state index is 12.0. The fourth-order valence-electron chi connectivity index (χ4n) is 1.21. The number of halogens is 2. The molecule has 5 heteroatoms. The summed E-state index contributed by atoms with van der Waals surface area (Å²) in [6.07, 6.45) is -4.68. The van der Waals surface area contributed by atoms with Gasteiger partial charge in [-0.05, 0) is 18.6 Å². The molecule has 88 valence electrons. The molecule has 0 aliphatic carbocycles. The zero-order valence-electron chi connectivity index (χ0n) is 8.78. The molecule has 0 saturated carbocycles. The first-order chi connectivity index (χ1) is 7.52. The molecule has 0 fully saturated rings. The van der Waals surface area contributed by atoms with Crippen LogP contribution in [0.1, 0.15) is 15.9 Å². The highest BCUT2D eigenvalue weighted by atomic mass is 19.3. The van der Waals surface area contributed by atoms with Gasteiger partial charge in [0.2, 0.25) is 0 Å². The number of hydrogen-bond donors (Lipinski definition) is 2. The lowest BCUT2D eigenvalue weighted by Crippen LogP contribution is -2.36. The standard InChI is InChI=1S/C11H13F2NO2/c1-7-4-2-3-5-8(7)11(16)14-6-9(15)10(12)13/h2-5,9-10,15H,6H2,1H3,(H,14,16). The second-order valence-corrected chi connectivity index (χ2v) is 3.43. The summed E-state index contributed by atoms with van der Waals surface area (Å²) < 4.78 is 23.9. The lowest BCUT2D eigenvalue weighted by molar-refractivity contribution is -0.00270. The second-order valence-electron chi connectivity index (χ2n) is 3.43. The van der Waals surface area contributed by atoms with Crippen molar-refractivity contribution < 1.29 is 18.7 Å². The predicted molar refractivity (Wildman–Crippen MR) is 55.5 cm³/mol. The third kappa shape index (κ3) is 3.27. The summed E-state index contributed by atoms with van der Waals surface area (Å²) in [5, 5.41) is 11.1. The minimum Gasteiger partial charge on any atom is -0.385 e. The fraction of sp³-hybridized carbons (Fsp3) is 0.364. The van der Waals surface area contributed by atoms with Crippen molar-refractivity contribution in [2.24, 2.45) is 0 Å². The summed E-state index contributed by atoms with van der Waals surface area (Å²) >= 11 is 0. The van der Waals surface area contributed by atoms with Crippen LogP contribution in [0.4, 0.5) is 8.78 Å². The molecule has 1 aromatic carbocycles. The van der Waals surface area contributed by atoms with Crippen LogP contribution in [-0.2, 0) is 0 Å². The van der Waals surface area contributed by atoms with Crippen molar-refractivity contribution in [3.05, 3.63) is 35.4 Å². The number of aliphatic hydroxyl groups excluding tert-OH is 1. The number of carbonyl (C=O) groups excluding carboxylic acids is 1. The van der Waals surface area contributed by atoms with E-state index in [1.165, 1.54) is 0 Å². The van der Waals surface area contributed by atoms with E-state index in [0.717, 1.165) is 5.56 Å². The molecule has 1 atom stereocenters. The predicted octanol–water partition coefficient (Wildman–Crippen LogP) is 1.35. The van der Waals surface area contributed by atoms with Crippen molar-refractivity contribution in [3.8, 4) is 0 Å². The minimum atomic E-state index is -2.85. The SMILES string of the molecule is Cc1ccccc1C(=O)NCC(O)C(F)F. The highest BCUT2D eigenvalue weighted by molar-refractivity contribution is 5.95. The normalized spacial score (nSPS) is 12.6. The number of rotatable bonds is 4. The van der Waals surface area contributed by atoms with Gasteiger partial charge in [-0.1, -0.05) is 18.2 Å². The van der Waals surface area contributed by atoms with Crippen LogP contribution < -0.4 is 5.32 Å². The Balaban J connectivity index is 2.57. The Bertz CT molecular complexity index is 369. The quantitative estimate of drug-likeness (QED) is 0.818. The maximum atomic E-state index is 12.0. The fourth-order valence-corrected chi connectivity index (χ4v) is 1.21. The van der Waals surface area contributed by atoms with E-state index in [1.54, 1.807) is 31.2 Å². The van der Waals surface area contributed by atoms with Crippen LogP contribution in [0.3, 0.4) is 0 Å². The van der Waals surface area contributed by atoms with E-state index in [1.807, 2.05) is 0 Å². The van der Waals surface area contributed by atoms with E-state index in [0.29, 0.717) is 5.56 Å².